The number of nitrogens with zero attached hydrogens (tertiary/aromatic N) is 2. The zero-order chi connectivity index (χ0) is 14.9. The van der Waals surface area contributed by atoms with Gasteiger partial charge >= 0.3 is 5.69 Å². The van der Waals surface area contributed by atoms with E-state index in [1.807, 2.05) is 30.3 Å². The molecule has 4 N–H and O–H groups in total. The highest BCUT2D eigenvalue weighted by Gasteiger charge is 2.08. The first-order valence-electron chi connectivity index (χ1n) is 7.27. The molecule has 0 saturated heterocycles. The minimum absolute atomic E-state index is 0.444. The van der Waals surface area contributed by atoms with Crippen LogP contribution in [0.15, 0.2) is 35.1 Å². The van der Waals surface area contributed by atoms with Gasteiger partial charge < -0.3 is 11.1 Å². The Bertz CT molecular complexity index is 597. The highest BCUT2D eigenvalue weighted by molar-refractivity contribution is 5.70. The number of aromatic nitrogens is 3. The van der Waals surface area contributed by atoms with Gasteiger partial charge in [0.2, 0.25) is 0 Å². The lowest BCUT2D eigenvalue weighted by Crippen LogP contribution is -2.17. The van der Waals surface area contributed by atoms with Crippen molar-refractivity contribution in [2.75, 3.05) is 18.4 Å². The third-order valence-electron chi connectivity index (χ3n) is 3.17. The molecule has 0 radical (unpaired) electrons. The van der Waals surface area contributed by atoms with Crippen LogP contribution >= 0.6 is 0 Å². The number of hydrogen-bond donors (Lipinski definition) is 3. The fourth-order valence-corrected chi connectivity index (χ4v) is 2.09. The zero-order valence-corrected chi connectivity index (χ0v) is 12.0. The summed E-state index contributed by atoms with van der Waals surface area (Å²) in [6.07, 6.45) is 4.31. The van der Waals surface area contributed by atoms with Crippen molar-refractivity contribution >= 4 is 5.82 Å². The van der Waals surface area contributed by atoms with Crippen molar-refractivity contribution in [1.29, 1.82) is 0 Å². The Morgan fingerprint density at radius 1 is 1.10 bits per heavy atom. The molecule has 2 rings (SSSR count). The molecule has 1 heterocycles. The van der Waals surface area contributed by atoms with E-state index in [0.717, 1.165) is 44.3 Å². The van der Waals surface area contributed by atoms with Gasteiger partial charge in [-0.2, -0.15) is 10.1 Å². The van der Waals surface area contributed by atoms with E-state index in [9.17, 15) is 4.79 Å². The molecule has 2 aromatic rings. The summed E-state index contributed by atoms with van der Waals surface area (Å²) in [6, 6.07) is 9.67. The van der Waals surface area contributed by atoms with Gasteiger partial charge in [0, 0.05) is 12.1 Å². The number of aromatic amines is 1. The van der Waals surface area contributed by atoms with Crippen molar-refractivity contribution in [3.05, 3.63) is 40.8 Å². The molecule has 0 aliphatic heterocycles. The minimum atomic E-state index is -0.444. The van der Waals surface area contributed by atoms with Crippen LogP contribution in [0.3, 0.4) is 0 Å². The van der Waals surface area contributed by atoms with Crippen molar-refractivity contribution in [3.63, 3.8) is 0 Å². The first-order chi connectivity index (χ1) is 10.3. The molecule has 6 heteroatoms. The summed E-state index contributed by atoms with van der Waals surface area (Å²) in [5.41, 5.74) is 6.61. The van der Waals surface area contributed by atoms with Crippen LogP contribution in [-0.2, 0) is 0 Å². The van der Waals surface area contributed by atoms with Gasteiger partial charge in [-0.05, 0) is 19.4 Å². The van der Waals surface area contributed by atoms with E-state index in [0.29, 0.717) is 11.5 Å². The number of H-pyrrole nitrogens is 1. The number of unbranched alkanes of at least 4 members (excludes halogenated alkanes) is 3. The number of nitrogens with two attached hydrogens (primary N) is 1. The predicted octanol–water partition coefficient (Wildman–Crippen LogP) is 1.76. The molecule has 0 amide bonds. The topological polar surface area (TPSA) is 96.7 Å². The maximum Gasteiger partial charge on any atom is 0.363 e. The second-order valence-corrected chi connectivity index (χ2v) is 4.83. The molecular formula is C15H21N5O. The molecule has 0 spiro atoms. The zero-order valence-electron chi connectivity index (χ0n) is 12.0. The van der Waals surface area contributed by atoms with Crippen LogP contribution in [-0.4, -0.2) is 28.3 Å². The van der Waals surface area contributed by atoms with E-state index < -0.39 is 5.69 Å². The van der Waals surface area contributed by atoms with Crippen LogP contribution < -0.4 is 16.7 Å². The Hall–Kier alpha value is -2.21. The highest BCUT2D eigenvalue weighted by Crippen LogP contribution is 2.21. The van der Waals surface area contributed by atoms with Gasteiger partial charge in [0.25, 0.3) is 0 Å². The predicted molar refractivity (Wildman–Crippen MR) is 84.1 cm³/mol. The average molecular weight is 287 g/mol. The minimum Gasteiger partial charge on any atom is -0.368 e. The Labute approximate surface area is 123 Å². The maximum atomic E-state index is 11.4. The van der Waals surface area contributed by atoms with Crippen LogP contribution in [0.25, 0.3) is 11.3 Å². The summed E-state index contributed by atoms with van der Waals surface area (Å²) in [5.74, 6) is 0.531. The number of anilines is 1. The number of rotatable bonds is 8. The van der Waals surface area contributed by atoms with Crippen molar-refractivity contribution in [2.45, 2.75) is 25.7 Å². The molecule has 0 aliphatic carbocycles. The first kappa shape index (κ1) is 15.2. The Kier molecular flexibility index (Phi) is 5.90. The number of benzene rings is 1. The van der Waals surface area contributed by atoms with E-state index >= 15 is 0 Å². The first-order valence-corrected chi connectivity index (χ1v) is 7.27. The molecule has 0 aliphatic rings. The number of nitrogens with one attached hydrogen (secondary N) is 2. The molecule has 1 aromatic heterocycles. The largest absolute Gasteiger partial charge is 0.368 e. The van der Waals surface area contributed by atoms with E-state index in [4.69, 9.17) is 5.73 Å². The molecule has 6 nitrogen and oxygen atoms in total. The third kappa shape index (κ3) is 4.68. The summed E-state index contributed by atoms with van der Waals surface area (Å²) in [6.45, 7) is 1.51. The Morgan fingerprint density at radius 2 is 1.86 bits per heavy atom. The van der Waals surface area contributed by atoms with Gasteiger partial charge in [-0.1, -0.05) is 43.2 Å². The molecule has 0 saturated carbocycles. The molecule has 112 valence electrons. The van der Waals surface area contributed by atoms with Crippen LogP contribution in [0.4, 0.5) is 5.82 Å². The van der Waals surface area contributed by atoms with Gasteiger partial charge in [-0.15, -0.1) is 0 Å². The molecule has 1 aromatic carbocycles. The fraction of sp³-hybridized carbons (Fsp3) is 0.400. The summed E-state index contributed by atoms with van der Waals surface area (Å²) in [5, 5.41) is 9.69. The molecular weight excluding hydrogens is 266 g/mol. The summed E-state index contributed by atoms with van der Waals surface area (Å²) >= 11 is 0. The van der Waals surface area contributed by atoms with E-state index in [1.54, 1.807) is 0 Å². The van der Waals surface area contributed by atoms with Crippen LogP contribution in [0.2, 0.25) is 0 Å². The second-order valence-electron chi connectivity index (χ2n) is 4.83. The maximum absolute atomic E-state index is 11.4. The summed E-state index contributed by atoms with van der Waals surface area (Å²) < 4.78 is 0. The smallest absolute Gasteiger partial charge is 0.363 e. The standard InChI is InChI=1S/C15H21N5O/c16-10-6-1-2-7-11-17-14-13(19-20-15(21)18-14)12-8-4-3-5-9-12/h3-5,8-9H,1-2,6-7,10-11,16H2,(H2,17,18,20,21). The normalized spacial score (nSPS) is 10.5. The molecule has 0 atom stereocenters. The molecule has 0 bridgehead atoms. The SMILES string of the molecule is NCCCCCCNc1nc(=O)[nH]nc1-c1ccccc1. The monoisotopic (exact) mass is 287 g/mol. The van der Waals surface area contributed by atoms with Gasteiger partial charge in [-0.3, -0.25) is 0 Å². The lowest BCUT2D eigenvalue weighted by atomic mass is 10.1. The highest BCUT2D eigenvalue weighted by atomic mass is 16.1. The fourth-order valence-electron chi connectivity index (χ4n) is 2.09. The lowest BCUT2D eigenvalue weighted by molar-refractivity contribution is 0.660. The van der Waals surface area contributed by atoms with Gasteiger partial charge in [0.1, 0.15) is 5.69 Å². The quantitative estimate of drug-likeness (QED) is 0.643. The van der Waals surface area contributed by atoms with Crippen LogP contribution in [0.5, 0.6) is 0 Å². The molecule has 0 fully saturated rings. The van der Waals surface area contributed by atoms with Crippen LogP contribution in [0.1, 0.15) is 25.7 Å². The van der Waals surface area contributed by atoms with E-state index in [-0.39, 0.29) is 0 Å². The van der Waals surface area contributed by atoms with E-state index in [1.165, 1.54) is 0 Å². The van der Waals surface area contributed by atoms with Crippen molar-refractivity contribution in [2.24, 2.45) is 5.73 Å². The average Bonchev–Trinajstić information content (AvgIpc) is 2.52. The Morgan fingerprint density at radius 3 is 2.62 bits per heavy atom. The second kappa shape index (κ2) is 8.16. The number of hydrogen-bond acceptors (Lipinski definition) is 5. The van der Waals surface area contributed by atoms with Crippen molar-refractivity contribution in [3.8, 4) is 11.3 Å². The third-order valence-corrected chi connectivity index (χ3v) is 3.17. The molecule has 0 unspecified atom stereocenters. The van der Waals surface area contributed by atoms with Gasteiger partial charge in [0.15, 0.2) is 5.82 Å². The van der Waals surface area contributed by atoms with E-state index in [2.05, 4.69) is 20.5 Å². The van der Waals surface area contributed by atoms with Gasteiger partial charge in [0.05, 0.1) is 0 Å². The van der Waals surface area contributed by atoms with Crippen molar-refractivity contribution in [1.82, 2.24) is 15.2 Å². The van der Waals surface area contributed by atoms with Crippen LogP contribution in [0, 0.1) is 0 Å². The van der Waals surface area contributed by atoms with Gasteiger partial charge in [-0.25, -0.2) is 9.89 Å². The Balaban J connectivity index is 2.01. The summed E-state index contributed by atoms with van der Waals surface area (Å²) in [7, 11) is 0. The van der Waals surface area contributed by atoms with Crippen molar-refractivity contribution < 1.29 is 0 Å². The lowest BCUT2D eigenvalue weighted by Gasteiger charge is -2.09. The summed E-state index contributed by atoms with van der Waals surface area (Å²) in [4.78, 5) is 15.3. The molecule has 21 heavy (non-hydrogen) atoms.